The first-order chi connectivity index (χ1) is 13.5. The molecule has 2 N–H and O–H groups in total. The lowest BCUT2D eigenvalue weighted by Gasteiger charge is -2.63. The summed E-state index contributed by atoms with van der Waals surface area (Å²) in [6.07, 6.45) is 2.00. The second kappa shape index (κ2) is 6.46. The second-order valence-corrected chi connectivity index (χ2v) is 10.5. The molecule has 7 heteroatoms. The largest absolute Gasteiger partial charge is 0.390 e. The topological polar surface area (TPSA) is 66.4 Å². The number of fused-ring (bicyclic) bond motifs is 7. The number of aliphatic hydroxyl groups is 1. The van der Waals surface area contributed by atoms with E-state index in [2.05, 4.69) is 5.32 Å². The maximum Gasteiger partial charge on any atom is 0.178 e. The minimum atomic E-state index is -2.06. The average molecular weight is 442 g/mol. The first kappa shape index (κ1) is 22.1. The Morgan fingerprint density at radius 1 is 1.27 bits per heavy atom. The predicted octanol–water partition coefficient (Wildman–Crippen LogP) is 3.13. The van der Waals surface area contributed by atoms with E-state index in [-0.39, 0.29) is 54.2 Å². The highest BCUT2D eigenvalue weighted by molar-refractivity contribution is 6.01. The highest BCUT2D eigenvalue weighted by Crippen LogP contribution is 2.73. The fraction of sp³-hybridized carbons (Fsp3) is 0.739. The van der Waals surface area contributed by atoms with Crippen LogP contribution in [0.25, 0.3) is 0 Å². The summed E-state index contributed by atoms with van der Waals surface area (Å²) >= 11 is 0. The molecule has 1 heterocycles. The molecular formula is C23H30ClF2NO3. The summed E-state index contributed by atoms with van der Waals surface area (Å²) in [5.41, 5.74) is -4.50. The number of allylic oxidation sites excluding steroid dienone is 4. The number of carbonyl (C=O) groups is 2. The third-order valence-electron chi connectivity index (χ3n) is 9.70. The minimum Gasteiger partial charge on any atom is -0.390 e. The Labute approximate surface area is 182 Å². The zero-order chi connectivity index (χ0) is 21.0. The van der Waals surface area contributed by atoms with Crippen LogP contribution < -0.4 is 5.32 Å². The Balaban J connectivity index is 0.00000218. The fourth-order valence-electron chi connectivity index (χ4n) is 8.34. The number of Topliss-reactive ketones (excluding diaryl/α,β-unsaturated/α-hetero) is 1. The van der Waals surface area contributed by atoms with Gasteiger partial charge in [0.25, 0.3) is 0 Å². The molecule has 0 aromatic heterocycles. The van der Waals surface area contributed by atoms with E-state index in [1.165, 1.54) is 18.2 Å². The average Bonchev–Trinajstić information content (AvgIpc) is 3.17. The molecule has 9 atom stereocenters. The van der Waals surface area contributed by atoms with Crippen molar-refractivity contribution in [3.63, 3.8) is 0 Å². The SMILES string of the molecule is CC(=O)[C@@]12CNC[C@@H]1C[C@H]1[C@@H]3C[C@H](F)C4=CC(=O)C=C[C@]4(C)[C@@]3(F)[C@@H](O)C[C@@]12C.Cl. The molecule has 5 aliphatic rings. The number of carbonyl (C=O) groups excluding carboxylic acids is 2. The van der Waals surface area contributed by atoms with Crippen LogP contribution >= 0.6 is 12.4 Å². The zero-order valence-corrected chi connectivity index (χ0v) is 18.4. The van der Waals surface area contributed by atoms with Crippen molar-refractivity contribution in [3.05, 3.63) is 23.8 Å². The van der Waals surface area contributed by atoms with Gasteiger partial charge in [-0.25, -0.2) is 8.78 Å². The summed E-state index contributed by atoms with van der Waals surface area (Å²) in [4.78, 5) is 24.8. The first-order valence-electron chi connectivity index (χ1n) is 10.7. The Bertz CT molecular complexity index is 877. The van der Waals surface area contributed by atoms with Crippen LogP contribution in [0.1, 0.15) is 40.0 Å². The summed E-state index contributed by atoms with van der Waals surface area (Å²) < 4.78 is 32.4. The van der Waals surface area contributed by atoms with Gasteiger partial charge in [-0.05, 0) is 74.6 Å². The van der Waals surface area contributed by atoms with Crippen LogP contribution in [0.3, 0.4) is 0 Å². The van der Waals surface area contributed by atoms with Gasteiger partial charge in [0.2, 0.25) is 0 Å². The Morgan fingerprint density at radius 3 is 2.63 bits per heavy atom. The lowest BCUT2D eigenvalue weighted by atomic mass is 9.43. The molecule has 1 saturated heterocycles. The van der Waals surface area contributed by atoms with Crippen LogP contribution in [0.4, 0.5) is 8.78 Å². The quantitative estimate of drug-likeness (QED) is 0.656. The van der Waals surface area contributed by atoms with Crippen molar-refractivity contribution in [2.75, 3.05) is 13.1 Å². The van der Waals surface area contributed by atoms with Gasteiger partial charge in [0.1, 0.15) is 12.0 Å². The summed E-state index contributed by atoms with van der Waals surface area (Å²) in [5.74, 6) is -1.06. The van der Waals surface area contributed by atoms with Crippen molar-refractivity contribution < 1.29 is 23.5 Å². The molecule has 0 aromatic rings. The van der Waals surface area contributed by atoms with Crippen molar-refractivity contribution in [3.8, 4) is 0 Å². The van der Waals surface area contributed by atoms with Crippen molar-refractivity contribution in [2.24, 2.45) is 34.0 Å². The molecule has 30 heavy (non-hydrogen) atoms. The smallest absolute Gasteiger partial charge is 0.178 e. The normalized spacial score (nSPS) is 53.7. The van der Waals surface area contributed by atoms with Crippen molar-refractivity contribution in [1.82, 2.24) is 5.32 Å². The lowest BCUT2D eigenvalue weighted by Crippen LogP contribution is -2.69. The van der Waals surface area contributed by atoms with E-state index in [0.29, 0.717) is 19.5 Å². The van der Waals surface area contributed by atoms with E-state index in [1.807, 2.05) is 6.92 Å². The molecule has 0 aromatic carbocycles. The lowest BCUT2D eigenvalue weighted by molar-refractivity contribution is -0.210. The highest BCUT2D eigenvalue weighted by atomic mass is 35.5. The van der Waals surface area contributed by atoms with Gasteiger partial charge in [0.15, 0.2) is 11.5 Å². The summed E-state index contributed by atoms with van der Waals surface area (Å²) in [7, 11) is 0. The molecule has 166 valence electrons. The first-order valence-corrected chi connectivity index (χ1v) is 10.7. The predicted molar refractivity (Wildman–Crippen MR) is 111 cm³/mol. The summed E-state index contributed by atoms with van der Waals surface area (Å²) in [6.45, 7) is 6.46. The highest BCUT2D eigenvalue weighted by Gasteiger charge is 2.77. The van der Waals surface area contributed by atoms with E-state index < -0.39 is 40.1 Å². The van der Waals surface area contributed by atoms with E-state index in [0.717, 1.165) is 0 Å². The molecule has 4 fully saturated rings. The maximum atomic E-state index is 17.0. The van der Waals surface area contributed by atoms with Gasteiger partial charge in [-0.3, -0.25) is 9.59 Å². The Morgan fingerprint density at radius 2 is 1.97 bits per heavy atom. The number of aliphatic hydroxyl groups excluding tert-OH is 1. The number of hydrogen-bond donors (Lipinski definition) is 2. The third-order valence-corrected chi connectivity index (χ3v) is 9.70. The molecule has 1 aliphatic heterocycles. The molecule has 0 unspecified atom stereocenters. The van der Waals surface area contributed by atoms with Crippen LogP contribution in [-0.4, -0.2) is 47.7 Å². The van der Waals surface area contributed by atoms with Crippen LogP contribution in [0, 0.1) is 34.0 Å². The monoisotopic (exact) mass is 441 g/mol. The van der Waals surface area contributed by atoms with Gasteiger partial charge in [-0.2, -0.15) is 0 Å². The van der Waals surface area contributed by atoms with Crippen LogP contribution in [0.15, 0.2) is 23.8 Å². The number of rotatable bonds is 1. The zero-order valence-electron chi connectivity index (χ0n) is 17.6. The molecule has 0 amide bonds. The van der Waals surface area contributed by atoms with E-state index in [9.17, 15) is 14.7 Å². The number of alkyl halides is 2. The summed E-state index contributed by atoms with van der Waals surface area (Å²) in [5, 5.41) is 14.6. The van der Waals surface area contributed by atoms with Crippen LogP contribution in [-0.2, 0) is 9.59 Å². The number of nitrogens with one attached hydrogen (secondary N) is 1. The number of halogens is 3. The molecule has 5 rings (SSSR count). The van der Waals surface area contributed by atoms with Gasteiger partial charge in [-0.15, -0.1) is 12.4 Å². The van der Waals surface area contributed by atoms with Crippen molar-refractivity contribution >= 4 is 24.0 Å². The molecule has 0 radical (unpaired) electrons. The molecule has 4 nitrogen and oxygen atoms in total. The van der Waals surface area contributed by atoms with Gasteiger partial charge < -0.3 is 10.4 Å². The van der Waals surface area contributed by atoms with E-state index >= 15 is 8.78 Å². The molecule has 3 saturated carbocycles. The molecule has 0 spiro atoms. The Kier molecular flexibility index (Phi) is 4.76. The minimum absolute atomic E-state index is 0. The van der Waals surface area contributed by atoms with E-state index in [4.69, 9.17) is 0 Å². The number of ketones is 2. The second-order valence-electron chi connectivity index (χ2n) is 10.5. The number of hydrogen-bond acceptors (Lipinski definition) is 4. The maximum absolute atomic E-state index is 17.0. The fourth-order valence-corrected chi connectivity index (χ4v) is 8.34. The van der Waals surface area contributed by atoms with Crippen molar-refractivity contribution in [2.45, 2.75) is 58.0 Å². The molecule has 0 bridgehead atoms. The Hall–Kier alpha value is -1.11. The van der Waals surface area contributed by atoms with Gasteiger partial charge >= 0.3 is 0 Å². The van der Waals surface area contributed by atoms with E-state index in [1.54, 1.807) is 13.8 Å². The summed E-state index contributed by atoms with van der Waals surface area (Å²) in [6, 6.07) is 0. The van der Waals surface area contributed by atoms with Gasteiger partial charge in [0.05, 0.1) is 11.5 Å². The van der Waals surface area contributed by atoms with Gasteiger partial charge in [-0.1, -0.05) is 13.0 Å². The molecular weight excluding hydrogens is 412 g/mol. The van der Waals surface area contributed by atoms with Gasteiger partial charge in [0, 0.05) is 17.9 Å². The van der Waals surface area contributed by atoms with Crippen LogP contribution in [0.2, 0.25) is 0 Å². The standard InChI is InChI=1S/C23H29F2NO3.ClH/c1-12(27)22-11-26-10-13(22)6-15-16-8-18(24)17-7-14(28)4-5-20(17,2)23(16,25)19(29)9-21(15,22)3;/h4-5,7,13,15-16,18-19,26,29H,6,8-11H2,1-3H3;1H/t13-,15-,16-,18-,19-,20-,21-,22-,23-;/m0./s1. The van der Waals surface area contributed by atoms with Crippen LogP contribution in [0.5, 0.6) is 0 Å². The third kappa shape index (κ3) is 2.18. The van der Waals surface area contributed by atoms with Crippen molar-refractivity contribution in [1.29, 1.82) is 0 Å². The molecule has 4 aliphatic carbocycles.